The molecule has 2 atom stereocenters. The first-order valence-corrected chi connectivity index (χ1v) is 12.8. The van der Waals surface area contributed by atoms with Crippen LogP contribution in [0.4, 0.5) is 0 Å². The lowest BCUT2D eigenvalue weighted by molar-refractivity contribution is -0.134. The first-order chi connectivity index (χ1) is 17.1. The smallest absolute Gasteiger partial charge is 0.227 e. The molecule has 5 heteroatoms. The summed E-state index contributed by atoms with van der Waals surface area (Å²) in [5, 5.41) is 0. The van der Waals surface area contributed by atoms with E-state index in [4.69, 9.17) is 4.99 Å². The van der Waals surface area contributed by atoms with E-state index in [9.17, 15) is 4.79 Å². The van der Waals surface area contributed by atoms with Gasteiger partial charge in [0.05, 0.1) is 24.7 Å². The first kappa shape index (κ1) is 22.2. The Balaban J connectivity index is 1.32. The van der Waals surface area contributed by atoms with Gasteiger partial charge in [-0.1, -0.05) is 43.3 Å². The van der Waals surface area contributed by atoms with Crippen molar-refractivity contribution in [1.82, 2.24) is 14.8 Å². The fourth-order valence-electron chi connectivity index (χ4n) is 6.14. The van der Waals surface area contributed by atoms with Crippen molar-refractivity contribution >= 4 is 11.6 Å². The number of amides is 1. The van der Waals surface area contributed by atoms with E-state index in [1.54, 1.807) is 0 Å². The minimum atomic E-state index is 0.203. The molecule has 1 aromatic heterocycles. The van der Waals surface area contributed by atoms with Gasteiger partial charge in [0.15, 0.2) is 0 Å². The van der Waals surface area contributed by atoms with E-state index in [1.807, 2.05) is 19.2 Å². The standard InChI is InChI=1S/C30H32N4O/c1-3-11-33-18-27(21-7-5-4-6-8-21)28(19-33)34-17-25-14-26-24(13-23(25)15-29(34)35)16-32-30(26)22-9-10-31-20(2)12-22/h4-10,12-14,27-28H,3,11,15-19H2,1-2H3/t27-,28+/m0/s1. The number of rotatable bonds is 5. The van der Waals surface area contributed by atoms with Crippen molar-refractivity contribution in [3.8, 4) is 0 Å². The maximum Gasteiger partial charge on any atom is 0.227 e. The average molecular weight is 465 g/mol. The number of fused-ring (bicyclic) bond motifs is 2. The molecule has 1 amide bonds. The molecular weight excluding hydrogens is 432 g/mol. The maximum absolute atomic E-state index is 13.5. The molecule has 5 nitrogen and oxygen atoms in total. The molecule has 3 aliphatic heterocycles. The minimum absolute atomic E-state index is 0.203. The minimum Gasteiger partial charge on any atom is -0.333 e. The lowest BCUT2D eigenvalue weighted by atomic mass is 9.88. The van der Waals surface area contributed by atoms with Gasteiger partial charge in [0.25, 0.3) is 0 Å². The van der Waals surface area contributed by atoms with Crippen molar-refractivity contribution in [3.63, 3.8) is 0 Å². The fraction of sp³-hybridized carbons (Fsp3) is 0.367. The number of hydrogen-bond donors (Lipinski definition) is 0. The summed E-state index contributed by atoms with van der Waals surface area (Å²) in [6, 6.07) is 19.6. The van der Waals surface area contributed by atoms with E-state index >= 15 is 0 Å². The van der Waals surface area contributed by atoms with Crippen LogP contribution in [0.5, 0.6) is 0 Å². The average Bonchev–Trinajstić information content (AvgIpc) is 3.47. The first-order valence-electron chi connectivity index (χ1n) is 12.8. The second kappa shape index (κ2) is 9.04. The summed E-state index contributed by atoms with van der Waals surface area (Å²) >= 11 is 0. The van der Waals surface area contributed by atoms with Gasteiger partial charge < -0.3 is 9.80 Å². The molecule has 0 bridgehead atoms. The van der Waals surface area contributed by atoms with Gasteiger partial charge in [-0.25, -0.2) is 0 Å². The van der Waals surface area contributed by atoms with Crippen LogP contribution in [0.15, 0.2) is 65.8 Å². The monoisotopic (exact) mass is 464 g/mol. The molecule has 178 valence electrons. The third-order valence-electron chi connectivity index (χ3n) is 7.79. The maximum atomic E-state index is 13.5. The summed E-state index contributed by atoms with van der Waals surface area (Å²) in [4.78, 5) is 27.4. The lowest BCUT2D eigenvalue weighted by Crippen LogP contribution is -2.47. The predicted octanol–water partition coefficient (Wildman–Crippen LogP) is 4.50. The Morgan fingerprint density at radius 3 is 2.66 bits per heavy atom. The second-order valence-electron chi connectivity index (χ2n) is 10.2. The summed E-state index contributed by atoms with van der Waals surface area (Å²) < 4.78 is 0. The van der Waals surface area contributed by atoms with E-state index in [2.05, 4.69) is 70.2 Å². The van der Waals surface area contributed by atoms with Crippen molar-refractivity contribution in [3.05, 3.63) is 99.9 Å². The van der Waals surface area contributed by atoms with Gasteiger partial charge in [-0.3, -0.25) is 14.8 Å². The molecule has 0 spiro atoms. The number of likely N-dealkylation sites (tertiary alicyclic amines) is 1. The zero-order valence-electron chi connectivity index (χ0n) is 20.6. The van der Waals surface area contributed by atoms with Crippen molar-refractivity contribution in [2.75, 3.05) is 19.6 Å². The van der Waals surface area contributed by atoms with Crippen LogP contribution in [-0.2, 0) is 24.3 Å². The highest BCUT2D eigenvalue weighted by Crippen LogP contribution is 2.36. The largest absolute Gasteiger partial charge is 0.333 e. The highest BCUT2D eigenvalue weighted by molar-refractivity contribution is 6.15. The normalized spacial score (nSPS) is 21.7. The van der Waals surface area contributed by atoms with Gasteiger partial charge in [-0.05, 0) is 60.3 Å². The highest BCUT2D eigenvalue weighted by Gasteiger charge is 2.41. The molecule has 0 aliphatic carbocycles. The number of nitrogens with zero attached hydrogens (tertiary/aromatic N) is 4. The van der Waals surface area contributed by atoms with Gasteiger partial charge in [0.2, 0.25) is 5.91 Å². The Hall–Kier alpha value is -3.31. The Morgan fingerprint density at radius 1 is 1.00 bits per heavy atom. The molecule has 2 aromatic carbocycles. The summed E-state index contributed by atoms with van der Waals surface area (Å²) in [6.45, 7) is 8.65. The zero-order chi connectivity index (χ0) is 23.9. The number of aromatic nitrogens is 1. The third-order valence-corrected chi connectivity index (χ3v) is 7.79. The molecule has 35 heavy (non-hydrogen) atoms. The summed E-state index contributed by atoms with van der Waals surface area (Å²) in [7, 11) is 0. The number of aryl methyl sites for hydroxylation is 1. The van der Waals surface area contributed by atoms with E-state index in [-0.39, 0.29) is 11.9 Å². The summed E-state index contributed by atoms with van der Waals surface area (Å²) in [5.41, 5.74) is 9.39. The van der Waals surface area contributed by atoms with Gasteiger partial charge in [-0.2, -0.15) is 0 Å². The van der Waals surface area contributed by atoms with Crippen LogP contribution in [0.3, 0.4) is 0 Å². The fourth-order valence-corrected chi connectivity index (χ4v) is 6.14. The quantitative estimate of drug-likeness (QED) is 0.559. The van der Waals surface area contributed by atoms with Crippen LogP contribution in [0.1, 0.15) is 58.3 Å². The van der Waals surface area contributed by atoms with E-state index < -0.39 is 0 Å². The number of carbonyl (C=O) groups is 1. The molecular formula is C30H32N4O. The second-order valence-corrected chi connectivity index (χ2v) is 10.2. The van der Waals surface area contributed by atoms with Crippen molar-refractivity contribution in [2.45, 2.75) is 51.7 Å². The van der Waals surface area contributed by atoms with Crippen LogP contribution in [0, 0.1) is 6.92 Å². The van der Waals surface area contributed by atoms with E-state index in [0.717, 1.165) is 43.0 Å². The van der Waals surface area contributed by atoms with Crippen LogP contribution in [0.2, 0.25) is 0 Å². The van der Waals surface area contributed by atoms with E-state index in [0.29, 0.717) is 25.4 Å². The number of carbonyl (C=O) groups excluding carboxylic acids is 1. The SMILES string of the molecule is CCCN1C[C@@H](N2Cc3cc4c(cc3CC2=O)CN=C4c2ccnc(C)c2)[C@H](c2ccccc2)C1. The van der Waals surface area contributed by atoms with Gasteiger partial charge in [-0.15, -0.1) is 0 Å². The number of benzene rings is 2. The van der Waals surface area contributed by atoms with E-state index in [1.165, 1.54) is 27.8 Å². The molecule has 0 N–H and O–H groups in total. The number of pyridine rings is 1. The highest BCUT2D eigenvalue weighted by atomic mass is 16.2. The van der Waals surface area contributed by atoms with Gasteiger partial charge in [0.1, 0.15) is 0 Å². The molecule has 1 fully saturated rings. The topological polar surface area (TPSA) is 48.8 Å². The summed E-state index contributed by atoms with van der Waals surface area (Å²) in [6.07, 6.45) is 3.47. The van der Waals surface area contributed by atoms with Crippen LogP contribution in [-0.4, -0.2) is 52.1 Å². The number of hydrogen-bond acceptors (Lipinski definition) is 4. The van der Waals surface area contributed by atoms with Crippen LogP contribution < -0.4 is 0 Å². The lowest BCUT2D eigenvalue weighted by Gasteiger charge is -2.37. The van der Waals surface area contributed by atoms with Crippen molar-refractivity contribution < 1.29 is 4.79 Å². The van der Waals surface area contributed by atoms with Gasteiger partial charge in [0, 0.05) is 48.6 Å². The van der Waals surface area contributed by atoms with Gasteiger partial charge >= 0.3 is 0 Å². The Kier molecular flexibility index (Phi) is 5.73. The van der Waals surface area contributed by atoms with Crippen LogP contribution >= 0.6 is 0 Å². The number of aliphatic imine (C=N–C) groups is 1. The Bertz CT molecular complexity index is 1300. The summed E-state index contributed by atoms with van der Waals surface area (Å²) in [5.74, 6) is 0.602. The van der Waals surface area contributed by atoms with Crippen LogP contribution in [0.25, 0.3) is 0 Å². The predicted molar refractivity (Wildman–Crippen MR) is 139 cm³/mol. The Labute approximate surface area is 207 Å². The molecule has 3 aliphatic rings. The molecule has 0 saturated carbocycles. The molecule has 4 heterocycles. The third kappa shape index (κ3) is 4.08. The molecule has 1 saturated heterocycles. The zero-order valence-corrected chi connectivity index (χ0v) is 20.6. The molecule has 6 rings (SSSR count). The van der Waals surface area contributed by atoms with Crippen molar-refractivity contribution in [2.24, 2.45) is 4.99 Å². The molecule has 0 radical (unpaired) electrons. The molecule has 3 aromatic rings. The molecule has 0 unspecified atom stereocenters. The van der Waals surface area contributed by atoms with Crippen molar-refractivity contribution in [1.29, 1.82) is 0 Å². The Morgan fingerprint density at radius 2 is 1.86 bits per heavy atom.